The van der Waals surface area contributed by atoms with Crippen LogP contribution in [0.5, 0.6) is 5.75 Å². The molecule has 1 fully saturated rings. The molecule has 3 aromatic rings. The second-order valence-corrected chi connectivity index (χ2v) is 7.46. The lowest BCUT2D eigenvalue weighted by molar-refractivity contribution is -0.120. The number of carbonyl (C=O) groups is 2. The standard InChI is InChI=1S/C24H17ClN2O3S/c1-30-21-13-12-16(15-20(21)25)14-19-22(28)26(17-8-4-2-5-9-17)24(31)27(23(19)29)18-10-6-3-7-11-18/h2-15H,1H3. The Morgan fingerprint density at radius 2 is 1.35 bits per heavy atom. The lowest BCUT2D eigenvalue weighted by atomic mass is 10.0. The van der Waals surface area contributed by atoms with E-state index in [9.17, 15) is 9.59 Å². The van der Waals surface area contributed by atoms with E-state index in [1.165, 1.54) is 23.0 Å². The smallest absolute Gasteiger partial charge is 0.270 e. The van der Waals surface area contributed by atoms with Crippen molar-refractivity contribution in [3.8, 4) is 5.75 Å². The van der Waals surface area contributed by atoms with Crippen LogP contribution < -0.4 is 14.5 Å². The molecule has 0 spiro atoms. The topological polar surface area (TPSA) is 49.9 Å². The van der Waals surface area contributed by atoms with Gasteiger partial charge in [-0.1, -0.05) is 54.1 Å². The van der Waals surface area contributed by atoms with E-state index < -0.39 is 11.8 Å². The van der Waals surface area contributed by atoms with Crippen molar-refractivity contribution < 1.29 is 14.3 Å². The zero-order chi connectivity index (χ0) is 22.0. The van der Waals surface area contributed by atoms with Gasteiger partial charge in [0.25, 0.3) is 11.8 Å². The molecule has 1 saturated heterocycles. The van der Waals surface area contributed by atoms with Crippen LogP contribution in [0.4, 0.5) is 11.4 Å². The SMILES string of the molecule is COc1ccc(C=C2C(=O)N(c3ccccc3)C(=S)N(c3ccccc3)C2=O)cc1Cl. The number of carbonyl (C=O) groups excluding carboxylic acids is 2. The molecule has 0 atom stereocenters. The summed E-state index contributed by atoms with van der Waals surface area (Å²) in [6.45, 7) is 0. The van der Waals surface area contributed by atoms with Crippen LogP contribution in [-0.2, 0) is 9.59 Å². The lowest BCUT2D eigenvalue weighted by Gasteiger charge is -2.36. The highest BCUT2D eigenvalue weighted by atomic mass is 35.5. The van der Waals surface area contributed by atoms with Crippen molar-refractivity contribution in [3.63, 3.8) is 0 Å². The van der Waals surface area contributed by atoms with Gasteiger partial charge in [0.15, 0.2) is 5.11 Å². The number of para-hydroxylation sites is 2. The molecule has 1 aliphatic rings. The van der Waals surface area contributed by atoms with Gasteiger partial charge in [0, 0.05) is 0 Å². The van der Waals surface area contributed by atoms with E-state index in [0.717, 1.165) is 0 Å². The predicted octanol–water partition coefficient (Wildman–Crippen LogP) is 5.10. The number of amides is 2. The van der Waals surface area contributed by atoms with Crippen LogP contribution in [0.1, 0.15) is 5.56 Å². The summed E-state index contributed by atoms with van der Waals surface area (Å²) in [6.07, 6.45) is 1.52. The summed E-state index contributed by atoms with van der Waals surface area (Å²) in [7, 11) is 1.52. The maximum Gasteiger partial charge on any atom is 0.270 e. The first-order valence-electron chi connectivity index (χ1n) is 9.39. The summed E-state index contributed by atoms with van der Waals surface area (Å²) in [5, 5.41) is 0.472. The molecule has 0 aromatic heterocycles. The fourth-order valence-corrected chi connectivity index (χ4v) is 3.92. The third-order valence-electron chi connectivity index (χ3n) is 4.77. The molecule has 0 N–H and O–H groups in total. The monoisotopic (exact) mass is 448 g/mol. The molecule has 7 heteroatoms. The van der Waals surface area contributed by atoms with E-state index in [1.807, 2.05) is 12.1 Å². The molecule has 0 saturated carbocycles. The number of hydrogen-bond acceptors (Lipinski definition) is 4. The number of benzene rings is 3. The molecule has 154 valence electrons. The van der Waals surface area contributed by atoms with Crippen molar-refractivity contribution in [1.82, 2.24) is 0 Å². The first-order valence-corrected chi connectivity index (χ1v) is 10.2. The molecule has 1 heterocycles. The Balaban J connectivity index is 1.85. The van der Waals surface area contributed by atoms with Gasteiger partial charge in [0.1, 0.15) is 11.3 Å². The number of nitrogens with zero attached hydrogens (tertiary/aromatic N) is 2. The Hall–Kier alpha value is -3.48. The van der Waals surface area contributed by atoms with E-state index in [0.29, 0.717) is 27.7 Å². The van der Waals surface area contributed by atoms with Crippen molar-refractivity contribution in [2.45, 2.75) is 0 Å². The first-order chi connectivity index (χ1) is 15.0. The third kappa shape index (κ3) is 3.95. The van der Waals surface area contributed by atoms with Crippen molar-refractivity contribution in [1.29, 1.82) is 0 Å². The van der Waals surface area contributed by atoms with Crippen molar-refractivity contribution in [2.75, 3.05) is 16.9 Å². The highest BCUT2D eigenvalue weighted by Gasteiger charge is 2.41. The van der Waals surface area contributed by atoms with Crippen molar-refractivity contribution in [3.05, 3.63) is 95.0 Å². The van der Waals surface area contributed by atoms with Gasteiger partial charge in [-0.2, -0.15) is 0 Å². The second-order valence-electron chi connectivity index (χ2n) is 6.69. The number of anilines is 2. The molecule has 0 unspecified atom stereocenters. The number of thiocarbonyl (C=S) groups is 1. The molecular formula is C24H17ClN2O3S. The fourth-order valence-electron chi connectivity index (χ4n) is 3.28. The minimum absolute atomic E-state index is 0.0254. The van der Waals surface area contributed by atoms with Crippen LogP contribution in [0.2, 0.25) is 5.02 Å². The molecular weight excluding hydrogens is 432 g/mol. The van der Waals surface area contributed by atoms with E-state index >= 15 is 0 Å². The minimum Gasteiger partial charge on any atom is -0.495 e. The summed E-state index contributed by atoms with van der Waals surface area (Å²) in [5.74, 6) is -0.497. The predicted molar refractivity (Wildman–Crippen MR) is 126 cm³/mol. The zero-order valence-corrected chi connectivity index (χ0v) is 18.1. The average molecular weight is 449 g/mol. The highest BCUT2D eigenvalue weighted by molar-refractivity contribution is 7.81. The lowest BCUT2D eigenvalue weighted by Crippen LogP contribution is -2.56. The number of ether oxygens (including phenoxy) is 1. The Labute approximate surface area is 190 Å². The van der Waals surface area contributed by atoms with Crippen molar-refractivity contribution in [2.24, 2.45) is 0 Å². The number of hydrogen-bond donors (Lipinski definition) is 0. The second kappa shape index (κ2) is 8.71. The summed E-state index contributed by atoms with van der Waals surface area (Å²) in [6, 6.07) is 23.0. The summed E-state index contributed by atoms with van der Waals surface area (Å²) in [5.41, 5.74) is 1.72. The number of methoxy groups -OCH3 is 1. The maximum absolute atomic E-state index is 13.4. The first kappa shape index (κ1) is 20.8. The number of halogens is 1. The minimum atomic E-state index is -0.500. The van der Waals surface area contributed by atoms with Crippen molar-refractivity contribution >= 4 is 58.2 Å². The summed E-state index contributed by atoms with van der Waals surface area (Å²) in [4.78, 5) is 29.5. The van der Waals surface area contributed by atoms with Gasteiger partial charge >= 0.3 is 0 Å². The highest BCUT2D eigenvalue weighted by Crippen LogP contribution is 2.31. The zero-order valence-electron chi connectivity index (χ0n) is 16.5. The Bertz CT molecular complexity index is 1130. The van der Waals surface area contributed by atoms with Gasteiger partial charge in [0.2, 0.25) is 0 Å². The van der Waals surface area contributed by atoms with E-state index in [1.54, 1.807) is 66.7 Å². The Morgan fingerprint density at radius 1 is 0.839 bits per heavy atom. The summed E-state index contributed by atoms with van der Waals surface area (Å²) >= 11 is 11.8. The van der Waals surface area contributed by atoms with Gasteiger partial charge in [-0.25, -0.2) is 0 Å². The summed E-state index contributed by atoms with van der Waals surface area (Å²) < 4.78 is 5.18. The van der Waals surface area contributed by atoms with Gasteiger partial charge in [0.05, 0.1) is 23.5 Å². The molecule has 0 radical (unpaired) electrons. The third-order valence-corrected chi connectivity index (χ3v) is 5.43. The Morgan fingerprint density at radius 3 is 1.81 bits per heavy atom. The van der Waals surface area contributed by atoms with E-state index in [2.05, 4.69) is 0 Å². The molecule has 1 aliphatic heterocycles. The largest absolute Gasteiger partial charge is 0.495 e. The average Bonchev–Trinajstić information content (AvgIpc) is 2.78. The van der Waals surface area contributed by atoms with Crippen LogP contribution in [0.15, 0.2) is 84.4 Å². The number of rotatable bonds is 4. The normalized spacial score (nSPS) is 14.1. The Kier molecular flexibility index (Phi) is 5.84. The van der Waals surface area contributed by atoms with Crippen LogP contribution in [-0.4, -0.2) is 24.0 Å². The molecule has 3 aromatic carbocycles. The quantitative estimate of drug-likeness (QED) is 0.316. The molecule has 4 rings (SSSR count). The van der Waals surface area contributed by atoms with E-state index in [-0.39, 0.29) is 10.7 Å². The van der Waals surface area contributed by atoms with Crippen LogP contribution in [0, 0.1) is 0 Å². The van der Waals surface area contributed by atoms with E-state index in [4.69, 9.17) is 28.6 Å². The molecule has 5 nitrogen and oxygen atoms in total. The molecule has 2 amide bonds. The van der Waals surface area contributed by atoms with Gasteiger partial charge < -0.3 is 4.74 Å². The van der Waals surface area contributed by atoms with Gasteiger partial charge in [-0.15, -0.1) is 0 Å². The molecule has 31 heavy (non-hydrogen) atoms. The van der Waals surface area contributed by atoms with Crippen LogP contribution in [0.25, 0.3) is 6.08 Å². The molecule has 0 bridgehead atoms. The molecule has 0 aliphatic carbocycles. The van der Waals surface area contributed by atoms with Gasteiger partial charge in [-0.3, -0.25) is 19.4 Å². The maximum atomic E-state index is 13.4. The van der Waals surface area contributed by atoms with Crippen LogP contribution in [0.3, 0.4) is 0 Å². The van der Waals surface area contributed by atoms with Gasteiger partial charge in [-0.05, 0) is 60.3 Å². The fraction of sp³-hybridized carbons (Fsp3) is 0.0417. The van der Waals surface area contributed by atoms with Crippen LogP contribution >= 0.6 is 23.8 Å².